The molecule has 3 rings (SSSR count). The van der Waals surface area contributed by atoms with Crippen molar-refractivity contribution in [1.82, 2.24) is 20.2 Å². The minimum absolute atomic E-state index is 0.124. The SMILES string of the molecule is C=C(/N=C(\C=C(/C)N1CCC(c2c[nH]c3nc(OC)ccc23)CC1)C(=O)N[C@H](C)CO)OC(C)COC. The third kappa shape index (κ3) is 7.56. The summed E-state index contributed by atoms with van der Waals surface area (Å²) in [5.41, 5.74) is 3.20. The molecule has 0 bridgehead atoms. The quantitative estimate of drug-likeness (QED) is 0.295. The number of H-pyrrole nitrogens is 1. The van der Waals surface area contributed by atoms with Gasteiger partial charge >= 0.3 is 0 Å². The largest absolute Gasteiger partial charge is 0.481 e. The predicted molar refractivity (Wildman–Crippen MR) is 144 cm³/mol. The Balaban J connectivity index is 1.72. The van der Waals surface area contributed by atoms with Gasteiger partial charge < -0.3 is 34.5 Å². The number of aliphatic hydroxyl groups excluding tert-OH is 1. The molecule has 202 valence electrons. The van der Waals surface area contributed by atoms with Gasteiger partial charge in [0, 0.05) is 49.6 Å². The second-order valence-corrected chi connectivity index (χ2v) is 9.37. The van der Waals surface area contributed by atoms with E-state index in [1.807, 2.05) is 26.1 Å². The number of hydrogen-bond acceptors (Lipinski definition) is 8. The van der Waals surface area contributed by atoms with Crippen LogP contribution in [-0.2, 0) is 14.3 Å². The number of carbonyl (C=O) groups excluding carboxylic acids is 1. The standard InChI is InChI=1S/C27H39N5O5/c1-17(15-33)29-27(34)24(30-20(4)37-19(3)16-35-5)13-18(2)32-11-9-21(10-12-32)23-14-28-26-22(23)7-8-25(31-26)36-6/h7-8,13-14,17,19,21,33H,4,9-12,15-16H2,1-3,5-6H3,(H,28,31)(H,29,34)/b18-13+,30-24+/t17-,19?/m1/s1. The maximum atomic E-state index is 12.9. The summed E-state index contributed by atoms with van der Waals surface area (Å²) < 4.78 is 16.0. The fourth-order valence-electron chi connectivity index (χ4n) is 4.45. The summed E-state index contributed by atoms with van der Waals surface area (Å²) in [6, 6.07) is 3.54. The fraction of sp³-hybridized carbons (Fsp3) is 0.519. The zero-order valence-electron chi connectivity index (χ0n) is 22.4. The first-order chi connectivity index (χ1) is 17.7. The molecule has 0 spiro atoms. The summed E-state index contributed by atoms with van der Waals surface area (Å²) in [4.78, 5) is 27.3. The number of fused-ring (bicyclic) bond motifs is 1. The fourth-order valence-corrected chi connectivity index (χ4v) is 4.45. The molecule has 0 aliphatic carbocycles. The molecule has 1 amide bonds. The monoisotopic (exact) mass is 513 g/mol. The first-order valence-electron chi connectivity index (χ1n) is 12.6. The van der Waals surface area contributed by atoms with Crippen molar-refractivity contribution in [1.29, 1.82) is 0 Å². The highest BCUT2D eigenvalue weighted by molar-refractivity contribution is 6.43. The number of amides is 1. The number of ether oxygens (including phenoxy) is 3. The molecule has 2 aromatic rings. The highest BCUT2D eigenvalue weighted by Crippen LogP contribution is 2.34. The molecule has 1 saturated heterocycles. The van der Waals surface area contributed by atoms with Gasteiger partial charge in [-0.25, -0.2) is 4.99 Å². The first kappa shape index (κ1) is 28.2. The molecule has 1 aliphatic heterocycles. The normalized spacial score (nSPS) is 17.0. The third-order valence-corrected chi connectivity index (χ3v) is 6.40. The minimum Gasteiger partial charge on any atom is -0.481 e. The van der Waals surface area contributed by atoms with Crippen LogP contribution in [0, 0.1) is 0 Å². The number of hydrogen-bond donors (Lipinski definition) is 3. The lowest BCUT2D eigenvalue weighted by atomic mass is 9.89. The number of aromatic nitrogens is 2. The number of allylic oxidation sites excluding steroid dienone is 1. The molecular formula is C27H39N5O5. The van der Waals surface area contributed by atoms with Crippen molar-refractivity contribution < 1.29 is 24.1 Å². The van der Waals surface area contributed by atoms with E-state index in [0.29, 0.717) is 18.4 Å². The van der Waals surface area contributed by atoms with Crippen LogP contribution in [0.25, 0.3) is 11.0 Å². The molecule has 37 heavy (non-hydrogen) atoms. The maximum Gasteiger partial charge on any atom is 0.270 e. The number of nitrogens with zero attached hydrogens (tertiary/aromatic N) is 3. The second kappa shape index (κ2) is 13.3. The minimum atomic E-state index is -0.408. The molecule has 3 N–H and O–H groups in total. The number of pyridine rings is 1. The van der Waals surface area contributed by atoms with Gasteiger partial charge in [-0.15, -0.1) is 0 Å². The smallest absolute Gasteiger partial charge is 0.270 e. The van der Waals surface area contributed by atoms with E-state index in [1.54, 1.807) is 27.2 Å². The highest BCUT2D eigenvalue weighted by Gasteiger charge is 2.24. The molecule has 1 aliphatic rings. The Hall–Kier alpha value is -3.37. The summed E-state index contributed by atoms with van der Waals surface area (Å²) in [7, 11) is 3.20. The van der Waals surface area contributed by atoms with Gasteiger partial charge in [0.1, 0.15) is 17.5 Å². The average molecular weight is 514 g/mol. The van der Waals surface area contributed by atoms with E-state index in [4.69, 9.17) is 14.2 Å². The first-order valence-corrected chi connectivity index (χ1v) is 12.6. The zero-order valence-corrected chi connectivity index (χ0v) is 22.4. The van der Waals surface area contributed by atoms with Gasteiger partial charge in [0.25, 0.3) is 5.91 Å². The van der Waals surface area contributed by atoms with Gasteiger partial charge in [-0.1, -0.05) is 0 Å². The summed E-state index contributed by atoms with van der Waals surface area (Å²) in [6.45, 7) is 11.3. The molecule has 3 heterocycles. The van der Waals surface area contributed by atoms with Crippen LogP contribution >= 0.6 is 0 Å². The summed E-state index contributed by atoms with van der Waals surface area (Å²) in [5.74, 6) is 0.721. The van der Waals surface area contributed by atoms with Crippen LogP contribution in [-0.4, -0.2) is 84.3 Å². The number of piperidine rings is 1. The Morgan fingerprint density at radius 2 is 2.08 bits per heavy atom. The number of carbonyl (C=O) groups is 1. The number of methoxy groups -OCH3 is 2. The van der Waals surface area contributed by atoms with Gasteiger partial charge in [0.05, 0.1) is 20.3 Å². The number of aromatic amines is 1. The van der Waals surface area contributed by atoms with Crippen molar-refractivity contribution >= 4 is 22.7 Å². The number of nitrogens with one attached hydrogen (secondary N) is 2. The summed E-state index contributed by atoms with van der Waals surface area (Å²) >= 11 is 0. The lowest BCUT2D eigenvalue weighted by molar-refractivity contribution is -0.115. The van der Waals surface area contributed by atoms with Gasteiger partial charge in [0.2, 0.25) is 11.8 Å². The molecule has 2 aromatic heterocycles. The van der Waals surface area contributed by atoms with Gasteiger partial charge in [-0.05, 0) is 63.8 Å². The molecule has 10 nitrogen and oxygen atoms in total. The average Bonchev–Trinajstić information content (AvgIpc) is 3.31. The van der Waals surface area contributed by atoms with Crippen LogP contribution in [0.4, 0.5) is 0 Å². The Morgan fingerprint density at radius 1 is 1.35 bits per heavy atom. The number of likely N-dealkylation sites (tertiary alicyclic amines) is 1. The van der Waals surface area contributed by atoms with Gasteiger partial charge in [-0.2, -0.15) is 4.98 Å². The van der Waals surface area contributed by atoms with Gasteiger partial charge in [0.15, 0.2) is 0 Å². The summed E-state index contributed by atoms with van der Waals surface area (Å²) in [5, 5.41) is 13.2. The molecular weight excluding hydrogens is 474 g/mol. The van der Waals surface area contributed by atoms with E-state index < -0.39 is 11.9 Å². The topological polar surface area (TPSA) is 121 Å². The Kier molecular flexibility index (Phi) is 10.1. The lowest BCUT2D eigenvalue weighted by Crippen LogP contribution is -2.39. The molecule has 1 unspecified atom stereocenters. The third-order valence-electron chi connectivity index (χ3n) is 6.40. The van der Waals surface area contributed by atoms with E-state index in [-0.39, 0.29) is 24.3 Å². The Bertz CT molecular complexity index is 1130. The number of aliphatic hydroxyl groups is 1. The Labute approximate surface area is 218 Å². The van der Waals surface area contributed by atoms with E-state index in [1.165, 1.54) is 5.56 Å². The van der Waals surface area contributed by atoms with E-state index in [0.717, 1.165) is 42.7 Å². The molecule has 0 saturated carbocycles. The molecule has 1 fully saturated rings. The zero-order chi connectivity index (χ0) is 26.9. The predicted octanol–water partition coefficient (Wildman–Crippen LogP) is 3.12. The van der Waals surface area contributed by atoms with Crippen molar-refractivity contribution in [2.24, 2.45) is 4.99 Å². The molecule has 0 aromatic carbocycles. The van der Waals surface area contributed by atoms with Crippen LogP contribution in [0.5, 0.6) is 5.88 Å². The van der Waals surface area contributed by atoms with E-state index >= 15 is 0 Å². The molecule has 10 heteroatoms. The highest BCUT2D eigenvalue weighted by atomic mass is 16.5. The van der Waals surface area contributed by atoms with E-state index in [2.05, 4.69) is 37.8 Å². The van der Waals surface area contributed by atoms with Crippen molar-refractivity contribution in [3.63, 3.8) is 0 Å². The van der Waals surface area contributed by atoms with Crippen LogP contribution in [0.15, 0.2) is 47.6 Å². The lowest BCUT2D eigenvalue weighted by Gasteiger charge is -2.34. The van der Waals surface area contributed by atoms with Crippen LogP contribution in [0.1, 0.15) is 45.1 Å². The van der Waals surface area contributed by atoms with Crippen molar-refractivity contribution in [2.45, 2.75) is 51.7 Å². The van der Waals surface area contributed by atoms with Crippen LogP contribution < -0.4 is 10.1 Å². The van der Waals surface area contributed by atoms with E-state index in [9.17, 15) is 9.90 Å². The Morgan fingerprint density at radius 3 is 2.73 bits per heavy atom. The number of aliphatic imine (C=N–C) groups is 1. The van der Waals surface area contributed by atoms with Crippen LogP contribution in [0.2, 0.25) is 0 Å². The summed E-state index contributed by atoms with van der Waals surface area (Å²) in [6.07, 6.45) is 5.47. The second-order valence-electron chi connectivity index (χ2n) is 9.37. The van der Waals surface area contributed by atoms with Crippen molar-refractivity contribution in [3.8, 4) is 5.88 Å². The molecule has 2 atom stereocenters. The van der Waals surface area contributed by atoms with Crippen LogP contribution in [0.3, 0.4) is 0 Å². The maximum absolute atomic E-state index is 12.9. The molecule has 0 radical (unpaired) electrons. The van der Waals surface area contributed by atoms with Crippen molar-refractivity contribution in [2.75, 3.05) is 40.5 Å². The van der Waals surface area contributed by atoms with Gasteiger partial charge in [-0.3, -0.25) is 4.79 Å². The number of rotatable bonds is 12. The van der Waals surface area contributed by atoms with Crippen molar-refractivity contribution in [3.05, 3.63) is 48.1 Å².